The van der Waals surface area contributed by atoms with E-state index in [9.17, 15) is 9.59 Å². The van der Waals surface area contributed by atoms with Gasteiger partial charge in [-0.05, 0) is 63.8 Å². The van der Waals surface area contributed by atoms with Crippen LogP contribution in [0.15, 0.2) is 31.9 Å². The predicted molar refractivity (Wildman–Crippen MR) is 112 cm³/mol. The second-order valence-corrected chi connectivity index (χ2v) is 8.22. The summed E-state index contributed by atoms with van der Waals surface area (Å²) in [6, 6.07) is 5.59. The van der Waals surface area contributed by atoms with Gasteiger partial charge >= 0.3 is 5.63 Å². The normalized spacial score (nSPS) is 14.7. The van der Waals surface area contributed by atoms with Crippen molar-refractivity contribution in [2.45, 2.75) is 59.1 Å². The minimum absolute atomic E-state index is 0.174. The molecule has 7 heteroatoms. The predicted octanol–water partition coefficient (Wildman–Crippen LogP) is 4.01. The van der Waals surface area contributed by atoms with Crippen LogP contribution in [0.5, 0.6) is 5.75 Å². The van der Waals surface area contributed by atoms with Crippen molar-refractivity contribution in [3.8, 4) is 5.75 Å². The van der Waals surface area contributed by atoms with Crippen molar-refractivity contribution in [1.29, 1.82) is 0 Å². The van der Waals surface area contributed by atoms with Gasteiger partial charge in [0.15, 0.2) is 6.10 Å². The van der Waals surface area contributed by atoms with Crippen molar-refractivity contribution in [3.63, 3.8) is 0 Å². The molecule has 0 N–H and O–H groups in total. The Balaban J connectivity index is 1.54. The lowest BCUT2D eigenvalue weighted by Crippen LogP contribution is -2.37. The van der Waals surface area contributed by atoms with Crippen LogP contribution >= 0.6 is 0 Å². The Hall–Kier alpha value is -3.09. The van der Waals surface area contributed by atoms with E-state index in [-0.39, 0.29) is 11.5 Å². The molecule has 3 aromatic rings. The number of benzene rings is 1. The molecule has 0 spiro atoms. The molecule has 158 valence electrons. The number of fused-ring (bicyclic) bond motifs is 1. The standard InChI is InChI=1S/C23H26N2O5/c1-12-8-19(21-13(2)14(3)23(27)29-20(21)9-12)28-15(4)22(26)25(5)11-17-10-18(30-24-17)16-6-7-16/h8-10,15-16H,6-7,11H2,1-5H3. The Morgan fingerprint density at radius 3 is 2.67 bits per heavy atom. The molecule has 1 aliphatic rings. The monoisotopic (exact) mass is 410 g/mol. The molecular weight excluding hydrogens is 384 g/mol. The number of nitrogens with zero attached hydrogens (tertiary/aromatic N) is 2. The highest BCUT2D eigenvalue weighted by molar-refractivity contribution is 5.89. The molecule has 1 unspecified atom stereocenters. The molecule has 0 radical (unpaired) electrons. The highest BCUT2D eigenvalue weighted by atomic mass is 16.5. The van der Waals surface area contributed by atoms with Crippen LogP contribution in [-0.2, 0) is 11.3 Å². The van der Waals surface area contributed by atoms with Crippen LogP contribution in [0.3, 0.4) is 0 Å². The number of carbonyl (C=O) groups is 1. The average molecular weight is 410 g/mol. The molecule has 4 rings (SSSR count). The molecule has 2 aromatic heterocycles. The molecule has 1 atom stereocenters. The summed E-state index contributed by atoms with van der Waals surface area (Å²) in [5.41, 5.74) is 3.03. The van der Waals surface area contributed by atoms with Crippen LogP contribution in [0.2, 0.25) is 0 Å². The number of carbonyl (C=O) groups excluding carboxylic acids is 1. The minimum Gasteiger partial charge on any atom is -0.480 e. The van der Waals surface area contributed by atoms with Gasteiger partial charge in [-0.3, -0.25) is 4.79 Å². The molecule has 1 fully saturated rings. The molecule has 30 heavy (non-hydrogen) atoms. The number of hydrogen-bond donors (Lipinski definition) is 0. The van der Waals surface area contributed by atoms with E-state index in [0.717, 1.165) is 35.4 Å². The molecule has 1 saturated carbocycles. The third-order valence-corrected chi connectivity index (χ3v) is 5.64. The molecule has 1 amide bonds. The summed E-state index contributed by atoms with van der Waals surface area (Å²) < 4.78 is 16.9. The van der Waals surface area contributed by atoms with Crippen molar-refractivity contribution >= 4 is 16.9 Å². The highest BCUT2D eigenvalue weighted by Gasteiger charge is 2.28. The van der Waals surface area contributed by atoms with Crippen molar-refractivity contribution in [3.05, 3.63) is 56.8 Å². The van der Waals surface area contributed by atoms with Gasteiger partial charge in [-0.1, -0.05) is 5.16 Å². The first-order valence-corrected chi connectivity index (χ1v) is 10.2. The number of hydrogen-bond acceptors (Lipinski definition) is 6. The first kappa shape index (κ1) is 20.2. The molecule has 7 nitrogen and oxygen atoms in total. The molecule has 1 aromatic carbocycles. The smallest absolute Gasteiger partial charge is 0.339 e. The van der Waals surface area contributed by atoms with Gasteiger partial charge in [-0.15, -0.1) is 0 Å². The number of rotatable bonds is 6. The van der Waals surface area contributed by atoms with E-state index < -0.39 is 6.10 Å². The SMILES string of the molecule is Cc1cc(OC(C)C(=O)N(C)Cc2cc(C3CC3)on2)c2c(C)c(C)c(=O)oc2c1. The second kappa shape index (κ2) is 7.63. The van der Waals surface area contributed by atoms with Gasteiger partial charge in [0.05, 0.1) is 11.9 Å². The van der Waals surface area contributed by atoms with E-state index in [2.05, 4.69) is 5.16 Å². The molecule has 0 bridgehead atoms. The summed E-state index contributed by atoms with van der Waals surface area (Å²) in [4.78, 5) is 26.5. The second-order valence-electron chi connectivity index (χ2n) is 8.22. The lowest BCUT2D eigenvalue weighted by molar-refractivity contribution is -0.137. The third-order valence-electron chi connectivity index (χ3n) is 5.64. The van der Waals surface area contributed by atoms with Crippen molar-refractivity contribution in [1.82, 2.24) is 10.1 Å². The van der Waals surface area contributed by atoms with Crippen LogP contribution in [0.4, 0.5) is 0 Å². The number of ether oxygens (including phenoxy) is 1. The zero-order chi connectivity index (χ0) is 21.6. The van der Waals surface area contributed by atoms with Crippen molar-refractivity contribution < 1.29 is 18.5 Å². The number of aromatic nitrogens is 1. The first-order chi connectivity index (χ1) is 14.2. The summed E-state index contributed by atoms with van der Waals surface area (Å²) in [5.74, 6) is 1.73. The molecule has 0 aliphatic heterocycles. The zero-order valence-electron chi connectivity index (χ0n) is 17.9. The Labute approximate surface area is 174 Å². The lowest BCUT2D eigenvalue weighted by atomic mass is 10.0. The Morgan fingerprint density at radius 1 is 1.23 bits per heavy atom. The first-order valence-electron chi connectivity index (χ1n) is 10.2. The van der Waals surface area contributed by atoms with Crippen LogP contribution in [0.25, 0.3) is 11.0 Å². The zero-order valence-corrected chi connectivity index (χ0v) is 17.9. The lowest BCUT2D eigenvalue weighted by Gasteiger charge is -2.22. The quantitative estimate of drug-likeness (QED) is 0.571. The van der Waals surface area contributed by atoms with Crippen molar-refractivity contribution in [2.75, 3.05) is 7.05 Å². The maximum atomic E-state index is 12.9. The van der Waals surface area contributed by atoms with Crippen LogP contribution < -0.4 is 10.4 Å². The number of amides is 1. The Kier molecular flexibility index (Phi) is 5.13. The van der Waals surface area contributed by atoms with Crippen LogP contribution in [-0.4, -0.2) is 29.1 Å². The van der Waals surface area contributed by atoms with Crippen LogP contribution in [0, 0.1) is 20.8 Å². The molecular formula is C23H26N2O5. The third kappa shape index (κ3) is 3.84. The number of aryl methyl sites for hydroxylation is 2. The average Bonchev–Trinajstić information content (AvgIpc) is 3.44. The fourth-order valence-electron chi connectivity index (χ4n) is 3.62. The van der Waals surface area contributed by atoms with Gasteiger partial charge in [-0.2, -0.15) is 0 Å². The van der Waals surface area contributed by atoms with E-state index in [4.69, 9.17) is 13.7 Å². The van der Waals surface area contributed by atoms with E-state index in [1.54, 1.807) is 31.9 Å². The topological polar surface area (TPSA) is 85.8 Å². The summed E-state index contributed by atoms with van der Waals surface area (Å²) in [7, 11) is 1.72. The maximum Gasteiger partial charge on any atom is 0.339 e. The van der Waals surface area contributed by atoms with E-state index in [1.807, 2.05) is 26.0 Å². The summed E-state index contributed by atoms with van der Waals surface area (Å²) >= 11 is 0. The Bertz CT molecular complexity index is 1170. The van der Waals surface area contributed by atoms with E-state index in [1.165, 1.54) is 0 Å². The molecule has 1 aliphatic carbocycles. The van der Waals surface area contributed by atoms with Gasteiger partial charge < -0.3 is 18.6 Å². The fourth-order valence-corrected chi connectivity index (χ4v) is 3.62. The van der Waals surface area contributed by atoms with E-state index in [0.29, 0.717) is 34.7 Å². The fraction of sp³-hybridized carbons (Fsp3) is 0.435. The van der Waals surface area contributed by atoms with E-state index >= 15 is 0 Å². The largest absolute Gasteiger partial charge is 0.480 e. The minimum atomic E-state index is -0.721. The van der Waals surface area contributed by atoms with Gasteiger partial charge in [0.1, 0.15) is 22.8 Å². The van der Waals surface area contributed by atoms with Crippen LogP contribution in [0.1, 0.15) is 53.8 Å². The van der Waals surface area contributed by atoms with Gasteiger partial charge in [0.2, 0.25) is 0 Å². The van der Waals surface area contributed by atoms with Gasteiger partial charge in [0.25, 0.3) is 5.91 Å². The Morgan fingerprint density at radius 2 is 1.97 bits per heavy atom. The summed E-state index contributed by atoms with van der Waals surface area (Å²) in [6.45, 7) is 7.54. The van der Waals surface area contributed by atoms with Crippen molar-refractivity contribution in [2.24, 2.45) is 0 Å². The molecule has 0 saturated heterocycles. The number of likely N-dealkylation sites (N-methyl/N-ethyl adjacent to an activating group) is 1. The molecule has 2 heterocycles. The van der Waals surface area contributed by atoms with Gasteiger partial charge in [0, 0.05) is 24.6 Å². The van der Waals surface area contributed by atoms with Gasteiger partial charge in [-0.25, -0.2) is 4.79 Å². The summed E-state index contributed by atoms with van der Waals surface area (Å²) in [5, 5.41) is 4.79. The summed E-state index contributed by atoms with van der Waals surface area (Å²) in [6.07, 6.45) is 1.55. The highest BCUT2D eigenvalue weighted by Crippen LogP contribution is 2.40. The maximum absolute atomic E-state index is 12.9.